The fourth-order valence-electron chi connectivity index (χ4n) is 2.09. The summed E-state index contributed by atoms with van der Waals surface area (Å²) in [6.45, 7) is 4.30. The third kappa shape index (κ3) is 6.50. The first-order chi connectivity index (χ1) is 12.2. The molecule has 0 saturated carbocycles. The van der Waals surface area contributed by atoms with Gasteiger partial charge in [0.05, 0.1) is 18.0 Å². The molecule has 0 heterocycles. The van der Waals surface area contributed by atoms with E-state index in [0.717, 1.165) is 17.9 Å². The highest BCUT2D eigenvalue weighted by molar-refractivity contribution is 5.79. The molecule has 0 fully saturated rings. The van der Waals surface area contributed by atoms with E-state index in [-0.39, 0.29) is 5.69 Å². The molecule has 7 nitrogen and oxygen atoms in total. The number of ether oxygens (including phenoxy) is 1. The second kappa shape index (κ2) is 9.92. The summed E-state index contributed by atoms with van der Waals surface area (Å²) in [7, 11) is 0. The Bertz CT molecular complexity index is 687. The Balaban J connectivity index is 1.82. The van der Waals surface area contributed by atoms with Crippen molar-refractivity contribution in [2.24, 2.45) is 4.99 Å². The molecule has 0 saturated heterocycles. The number of nitrogens with one attached hydrogen (secondary N) is 2. The zero-order chi connectivity index (χ0) is 17.9. The molecule has 7 heteroatoms. The van der Waals surface area contributed by atoms with Crippen LogP contribution >= 0.6 is 0 Å². The maximum absolute atomic E-state index is 10.7. The number of guanidine groups is 1. The summed E-state index contributed by atoms with van der Waals surface area (Å²) in [6.07, 6.45) is 0. The molecule has 2 aromatic carbocycles. The minimum atomic E-state index is -0.411. The van der Waals surface area contributed by atoms with Crippen LogP contribution in [0.1, 0.15) is 12.5 Å². The van der Waals surface area contributed by atoms with E-state index in [0.29, 0.717) is 25.7 Å². The first-order valence-electron chi connectivity index (χ1n) is 8.12. The lowest BCUT2D eigenvalue weighted by Crippen LogP contribution is -2.39. The third-order valence-electron chi connectivity index (χ3n) is 3.32. The Morgan fingerprint density at radius 2 is 1.84 bits per heavy atom. The largest absolute Gasteiger partial charge is 0.492 e. The topological polar surface area (TPSA) is 88.8 Å². The van der Waals surface area contributed by atoms with Crippen LogP contribution in [-0.2, 0) is 6.54 Å². The molecule has 0 aliphatic rings. The maximum Gasteiger partial charge on any atom is 0.269 e. The van der Waals surface area contributed by atoms with E-state index >= 15 is 0 Å². The molecule has 0 atom stereocenters. The van der Waals surface area contributed by atoms with Crippen molar-refractivity contribution in [3.05, 3.63) is 70.3 Å². The zero-order valence-corrected chi connectivity index (χ0v) is 14.1. The second-order valence-electron chi connectivity index (χ2n) is 5.21. The monoisotopic (exact) mass is 342 g/mol. The molecule has 0 radical (unpaired) electrons. The van der Waals surface area contributed by atoms with Crippen molar-refractivity contribution >= 4 is 11.6 Å². The number of nitrogens with zero attached hydrogens (tertiary/aromatic N) is 2. The quantitative estimate of drug-likeness (QED) is 0.253. The maximum atomic E-state index is 10.7. The van der Waals surface area contributed by atoms with E-state index in [2.05, 4.69) is 15.6 Å². The predicted molar refractivity (Wildman–Crippen MR) is 97.9 cm³/mol. The van der Waals surface area contributed by atoms with E-state index in [1.54, 1.807) is 12.1 Å². The lowest BCUT2D eigenvalue weighted by molar-refractivity contribution is -0.384. The Kier molecular flexibility index (Phi) is 7.24. The third-order valence-corrected chi connectivity index (χ3v) is 3.32. The van der Waals surface area contributed by atoms with Crippen LogP contribution in [0, 0.1) is 10.1 Å². The Hall–Kier alpha value is -3.09. The molecule has 25 heavy (non-hydrogen) atoms. The van der Waals surface area contributed by atoms with Gasteiger partial charge < -0.3 is 15.4 Å². The minimum absolute atomic E-state index is 0.0795. The summed E-state index contributed by atoms with van der Waals surface area (Å²) in [6, 6.07) is 16.0. The molecule has 2 aromatic rings. The van der Waals surface area contributed by atoms with Crippen molar-refractivity contribution in [1.29, 1.82) is 0 Å². The smallest absolute Gasteiger partial charge is 0.269 e. The Morgan fingerprint density at radius 3 is 2.48 bits per heavy atom. The number of aliphatic imine (C=N–C) groups is 1. The Morgan fingerprint density at radius 1 is 1.12 bits per heavy atom. The number of para-hydroxylation sites is 1. The molecule has 0 spiro atoms. The van der Waals surface area contributed by atoms with Crippen LogP contribution in [0.4, 0.5) is 5.69 Å². The van der Waals surface area contributed by atoms with Gasteiger partial charge in [-0.05, 0) is 24.6 Å². The highest BCUT2D eigenvalue weighted by atomic mass is 16.6. The Labute approximate surface area is 146 Å². The fourth-order valence-corrected chi connectivity index (χ4v) is 2.09. The summed E-state index contributed by atoms with van der Waals surface area (Å²) in [5, 5.41) is 17.0. The summed E-state index contributed by atoms with van der Waals surface area (Å²) >= 11 is 0. The fraction of sp³-hybridized carbons (Fsp3) is 0.278. The summed E-state index contributed by atoms with van der Waals surface area (Å²) in [5.74, 6) is 1.51. The molecule has 0 aromatic heterocycles. The molecule has 2 N–H and O–H groups in total. The number of benzene rings is 2. The second-order valence-corrected chi connectivity index (χ2v) is 5.21. The van der Waals surface area contributed by atoms with Crippen LogP contribution in [0.25, 0.3) is 0 Å². The molecular weight excluding hydrogens is 320 g/mol. The molecule has 0 aliphatic heterocycles. The van der Waals surface area contributed by atoms with E-state index < -0.39 is 4.92 Å². The van der Waals surface area contributed by atoms with E-state index in [1.807, 2.05) is 37.3 Å². The van der Waals surface area contributed by atoms with Gasteiger partial charge in [0.1, 0.15) is 12.4 Å². The molecular formula is C18H22N4O3. The molecule has 0 aliphatic carbocycles. The standard InChI is InChI=1S/C18H22N4O3/c1-2-19-18(20-12-13-25-17-6-4-3-5-7-17)21-14-15-8-10-16(11-9-15)22(23)24/h3-11H,2,12-14H2,1H3,(H2,19,20,21). The van der Waals surface area contributed by atoms with Gasteiger partial charge in [0, 0.05) is 18.7 Å². The van der Waals surface area contributed by atoms with E-state index in [9.17, 15) is 10.1 Å². The van der Waals surface area contributed by atoms with Gasteiger partial charge in [0.2, 0.25) is 0 Å². The minimum Gasteiger partial charge on any atom is -0.492 e. The highest BCUT2D eigenvalue weighted by Crippen LogP contribution is 2.12. The van der Waals surface area contributed by atoms with Gasteiger partial charge in [-0.25, -0.2) is 4.99 Å². The van der Waals surface area contributed by atoms with Crippen LogP contribution in [0.5, 0.6) is 5.75 Å². The van der Waals surface area contributed by atoms with Crippen LogP contribution < -0.4 is 15.4 Å². The molecule has 0 amide bonds. The summed E-state index contributed by atoms with van der Waals surface area (Å²) < 4.78 is 5.62. The first kappa shape index (κ1) is 18.3. The number of rotatable bonds is 8. The van der Waals surface area contributed by atoms with Crippen LogP contribution in [0.3, 0.4) is 0 Å². The number of hydrogen-bond acceptors (Lipinski definition) is 4. The van der Waals surface area contributed by atoms with Crippen molar-refractivity contribution in [3.8, 4) is 5.75 Å². The van der Waals surface area contributed by atoms with Gasteiger partial charge in [-0.15, -0.1) is 0 Å². The zero-order valence-electron chi connectivity index (χ0n) is 14.1. The number of nitro benzene ring substituents is 1. The van der Waals surface area contributed by atoms with Crippen molar-refractivity contribution in [2.75, 3.05) is 19.7 Å². The summed E-state index contributed by atoms with van der Waals surface area (Å²) in [4.78, 5) is 14.7. The SMILES string of the molecule is CCNC(=NCc1ccc([N+](=O)[O-])cc1)NCCOc1ccccc1. The molecule has 0 unspecified atom stereocenters. The van der Waals surface area contributed by atoms with Gasteiger partial charge in [-0.3, -0.25) is 10.1 Å². The predicted octanol–water partition coefficient (Wildman–Crippen LogP) is 2.73. The van der Waals surface area contributed by atoms with Crippen LogP contribution in [0.2, 0.25) is 0 Å². The average Bonchev–Trinajstić information content (AvgIpc) is 2.64. The van der Waals surface area contributed by atoms with Gasteiger partial charge in [-0.2, -0.15) is 0 Å². The van der Waals surface area contributed by atoms with Gasteiger partial charge in [0.25, 0.3) is 5.69 Å². The number of nitro groups is 1. The van der Waals surface area contributed by atoms with Crippen molar-refractivity contribution in [1.82, 2.24) is 10.6 Å². The molecule has 2 rings (SSSR count). The lowest BCUT2D eigenvalue weighted by atomic mass is 10.2. The van der Waals surface area contributed by atoms with Gasteiger partial charge in [0.15, 0.2) is 5.96 Å². The van der Waals surface area contributed by atoms with Crippen molar-refractivity contribution in [3.63, 3.8) is 0 Å². The van der Waals surface area contributed by atoms with Crippen LogP contribution in [0.15, 0.2) is 59.6 Å². The first-order valence-corrected chi connectivity index (χ1v) is 8.12. The van der Waals surface area contributed by atoms with Crippen molar-refractivity contribution < 1.29 is 9.66 Å². The number of hydrogen-bond donors (Lipinski definition) is 2. The van der Waals surface area contributed by atoms with Crippen LogP contribution in [-0.4, -0.2) is 30.6 Å². The van der Waals surface area contributed by atoms with E-state index in [1.165, 1.54) is 12.1 Å². The molecule has 132 valence electrons. The van der Waals surface area contributed by atoms with Crippen molar-refractivity contribution in [2.45, 2.75) is 13.5 Å². The van der Waals surface area contributed by atoms with E-state index in [4.69, 9.17) is 4.74 Å². The normalized spacial score (nSPS) is 11.0. The van der Waals surface area contributed by atoms with Gasteiger partial charge in [-0.1, -0.05) is 30.3 Å². The molecule has 0 bridgehead atoms. The highest BCUT2D eigenvalue weighted by Gasteiger charge is 2.04. The lowest BCUT2D eigenvalue weighted by Gasteiger charge is -2.12. The average molecular weight is 342 g/mol. The summed E-state index contributed by atoms with van der Waals surface area (Å²) in [5.41, 5.74) is 0.985. The number of non-ortho nitro benzene ring substituents is 1. The van der Waals surface area contributed by atoms with Gasteiger partial charge >= 0.3 is 0 Å².